The maximum Gasteiger partial charge on any atom is 0.339 e. The van der Waals surface area contributed by atoms with Gasteiger partial charge in [0.05, 0.1) is 0 Å². The summed E-state index contributed by atoms with van der Waals surface area (Å²) < 4.78 is 5.15. The minimum Gasteiger partial charge on any atom is -0.478 e. The SMILES string of the molecule is CC(=O)Nc1nc2cccc(C(=O)O)c2o1. The number of aromatic nitrogens is 1. The molecule has 1 aromatic carbocycles. The Bertz CT molecular complexity index is 573. The Balaban J connectivity index is 2.56. The lowest BCUT2D eigenvalue weighted by atomic mass is 10.2. The fraction of sp³-hybridized carbons (Fsp3) is 0.100. The Morgan fingerprint density at radius 1 is 1.44 bits per heavy atom. The molecule has 0 aliphatic heterocycles. The lowest BCUT2D eigenvalue weighted by molar-refractivity contribution is -0.114. The fourth-order valence-electron chi connectivity index (χ4n) is 1.32. The van der Waals surface area contributed by atoms with Crippen LogP contribution in [0.5, 0.6) is 0 Å². The van der Waals surface area contributed by atoms with Crippen LogP contribution < -0.4 is 5.32 Å². The van der Waals surface area contributed by atoms with Crippen LogP contribution >= 0.6 is 0 Å². The smallest absolute Gasteiger partial charge is 0.339 e. The van der Waals surface area contributed by atoms with Gasteiger partial charge in [0.25, 0.3) is 0 Å². The van der Waals surface area contributed by atoms with Crippen LogP contribution in [0.4, 0.5) is 6.01 Å². The molecule has 0 atom stereocenters. The largest absolute Gasteiger partial charge is 0.478 e. The summed E-state index contributed by atoms with van der Waals surface area (Å²) in [6.07, 6.45) is 0. The van der Waals surface area contributed by atoms with Gasteiger partial charge in [-0.05, 0) is 12.1 Å². The second-order valence-corrected chi connectivity index (χ2v) is 3.16. The first kappa shape index (κ1) is 10.2. The van der Waals surface area contributed by atoms with E-state index >= 15 is 0 Å². The molecule has 0 spiro atoms. The highest BCUT2D eigenvalue weighted by atomic mass is 16.4. The van der Waals surface area contributed by atoms with Crippen LogP contribution in [0.1, 0.15) is 17.3 Å². The molecule has 0 saturated heterocycles. The number of amides is 1. The average Bonchev–Trinajstić information content (AvgIpc) is 2.57. The molecule has 0 fully saturated rings. The van der Waals surface area contributed by atoms with Gasteiger partial charge in [0.2, 0.25) is 5.91 Å². The average molecular weight is 220 g/mol. The van der Waals surface area contributed by atoms with Crippen molar-refractivity contribution in [3.05, 3.63) is 23.8 Å². The Morgan fingerprint density at radius 3 is 2.81 bits per heavy atom. The zero-order valence-corrected chi connectivity index (χ0v) is 8.35. The predicted molar refractivity (Wildman–Crippen MR) is 55.3 cm³/mol. The Kier molecular flexibility index (Phi) is 2.32. The number of carbonyl (C=O) groups excluding carboxylic acids is 1. The molecule has 2 N–H and O–H groups in total. The van der Waals surface area contributed by atoms with Crippen LogP contribution in [-0.4, -0.2) is 22.0 Å². The first-order valence-corrected chi connectivity index (χ1v) is 4.48. The van der Waals surface area contributed by atoms with Gasteiger partial charge in [0.1, 0.15) is 11.1 Å². The molecule has 2 aromatic rings. The van der Waals surface area contributed by atoms with E-state index in [1.807, 2.05) is 0 Å². The molecular formula is C10H8N2O4. The molecule has 1 aromatic heterocycles. The van der Waals surface area contributed by atoms with Gasteiger partial charge in [0, 0.05) is 6.92 Å². The number of hydrogen-bond donors (Lipinski definition) is 2. The number of nitrogens with one attached hydrogen (secondary N) is 1. The third kappa shape index (κ3) is 1.72. The van der Waals surface area contributed by atoms with E-state index in [4.69, 9.17) is 9.52 Å². The van der Waals surface area contributed by atoms with Gasteiger partial charge in [0.15, 0.2) is 5.58 Å². The summed E-state index contributed by atoms with van der Waals surface area (Å²) in [6.45, 7) is 1.31. The van der Waals surface area contributed by atoms with Gasteiger partial charge in [-0.15, -0.1) is 0 Å². The van der Waals surface area contributed by atoms with E-state index in [-0.39, 0.29) is 23.1 Å². The van der Waals surface area contributed by atoms with Crippen molar-refractivity contribution in [2.24, 2.45) is 0 Å². The lowest BCUT2D eigenvalue weighted by Crippen LogP contribution is -2.05. The number of benzene rings is 1. The normalized spacial score (nSPS) is 10.3. The molecule has 0 radical (unpaired) electrons. The molecular weight excluding hydrogens is 212 g/mol. The molecule has 1 amide bonds. The van der Waals surface area contributed by atoms with Crippen molar-refractivity contribution < 1.29 is 19.1 Å². The van der Waals surface area contributed by atoms with Crippen molar-refractivity contribution in [2.75, 3.05) is 5.32 Å². The highest BCUT2D eigenvalue weighted by molar-refractivity contribution is 6.00. The van der Waals surface area contributed by atoms with E-state index in [0.29, 0.717) is 5.52 Å². The topological polar surface area (TPSA) is 92.4 Å². The highest BCUT2D eigenvalue weighted by Gasteiger charge is 2.14. The van der Waals surface area contributed by atoms with Crippen molar-refractivity contribution in [1.29, 1.82) is 0 Å². The number of para-hydroxylation sites is 1. The summed E-state index contributed by atoms with van der Waals surface area (Å²) in [7, 11) is 0. The Morgan fingerprint density at radius 2 is 2.19 bits per heavy atom. The van der Waals surface area contributed by atoms with Gasteiger partial charge < -0.3 is 9.52 Å². The molecule has 0 aliphatic carbocycles. The third-order valence-electron chi connectivity index (χ3n) is 1.93. The van der Waals surface area contributed by atoms with Gasteiger partial charge in [-0.1, -0.05) is 6.07 Å². The molecule has 82 valence electrons. The zero-order chi connectivity index (χ0) is 11.7. The van der Waals surface area contributed by atoms with Crippen LogP contribution in [0.3, 0.4) is 0 Å². The molecule has 6 nitrogen and oxygen atoms in total. The van der Waals surface area contributed by atoms with E-state index in [0.717, 1.165) is 0 Å². The van der Waals surface area contributed by atoms with Crippen LogP contribution in [0.25, 0.3) is 11.1 Å². The molecule has 0 saturated carbocycles. The number of nitrogens with zero attached hydrogens (tertiary/aromatic N) is 1. The first-order chi connectivity index (χ1) is 7.58. The van der Waals surface area contributed by atoms with Crippen molar-refractivity contribution in [3.8, 4) is 0 Å². The molecule has 0 unspecified atom stereocenters. The number of carbonyl (C=O) groups is 2. The van der Waals surface area contributed by atoms with E-state index in [1.165, 1.54) is 13.0 Å². The summed E-state index contributed by atoms with van der Waals surface area (Å²) >= 11 is 0. The predicted octanol–water partition coefficient (Wildman–Crippen LogP) is 1.48. The van der Waals surface area contributed by atoms with Gasteiger partial charge in [-0.3, -0.25) is 10.1 Å². The second-order valence-electron chi connectivity index (χ2n) is 3.16. The molecule has 6 heteroatoms. The Labute approximate surface area is 89.9 Å². The van der Waals surface area contributed by atoms with Crippen molar-refractivity contribution in [1.82, 2.24) is 4.98 Å². The van der Waals surface area contributed by atoms with Crippen molar-refractivity contribution >= 4 is 29.0 Å². The van der Waals surface area contributed by atoms with Crippen LogP contribution in [-0.2, 0) is 4.79 Å². The molecule has 16 heavy (non-hydrogen) atoms. The van der Waals surface area contributed by atoms with Gasteiger partial charge in [-0.2, -0.15) is 4.98 Å². The minimum atomic E-state index is -1.10. The van der Waals surface area contributed by atoms with Crippen LogP contribution in [0.2, 0.25) is 0 Å². The summed E-state index contributed by atoms with van der Waals surface area (Å²) in [5, 5.41) is 11.2. The van der Waals surface area contributed by atoms with E-state index in [1.54, 1.807) is 12.1 Å². The Hall–Kier alpha value is -2.37. The number of anilines is 1. The summed E-state index contributed by atoms with van der Waals surface area (Å²) in [5.74, 6) is -1.43. The number of aromatic carboxylic acids is 1. The summed E-state index contributed by atoms with van der Waals surface area (Å²) in [6, 6.07) is 4.58. The van der Waals surface area contributed by atoms with Crippen LogP contribution in [0.15, 0.2) is 22.6 Å². The number of hydrogen-bond acceptors (Lipinski definition) is 4. The third-order valence-corrected chi connectivity index (χ3v) is 1.93. The number of carboxylic acids is 1. The molecule has 0 aliphatic rings. The zero-order valence-electron chi connectivity index (χ0n) is 8.35. The summed E-state index contributed by atoms with van der Waals surface area (Å²) in [5.41, 5.74) is 0.559. The molecule has 1 heterocycles. The number of carboxylic acid groups (broad SMARTS) is 1. The lowest BCUT2D eigenvalue weighted by Gasteiger charge is -1.93. The van der Waals surface area contributed by atoms with E-state index in [9.17, 15) is 9.59 Å². The van der Waals surface area contributed by atoms with Gasteiger partial charge >= 0.3 is 12.0 Å². The van der Waals surface area contributed by atoms with Crippen LogP contribution in [0, 0.1) is 0 Å². The number of fused-ring (bicyclic) bond motifs is 1. The monoisotopic (exact) mass is 220 g/mol. The maximum atomic E-state index is 10.9. The van der Waals surface area contributed by atoms with Crippen molar-refractivity contribution in [2.45, 2.75) is 6.92 Å². The van der Waals surface area contributed by atoms with Gasteiger partial charge in [-0.25, -0.2) is 4.79 Å². The number of oxazole rings is 1. The maximum absolute atomic E-state index is 10.9. The van der Waals surface area contributed by atoms with Crippen molar-refractivity contribution in [3.63, 3.8) is 0 Å². The summed E-state index contributed by atoms with van der Waals surface area (Å²) in [4.78, 5) is 25.6. The minimum absolute atomic E-state index is 0.00352. The van der Waals surface area contributed by atoms with E-state index in [2.05, 4.69) is 10.3 Å². The van der Waals surface area contributed by atoms with E-state index < -0.39 is 5.97 Å². The highest BCUT2D eigenvalue weighted by Crippen LogP contribution is 2.22. The number of rotatable bonds is 2. The fourth-order valence-corrected chi connectivity index (χ4v) is 1.32. The molecule has 0 bridgehead atoms. The standard InChI is InChI=1S/C10H8N2O4/c1-5(13)11-10-12-7-4-2-3-6(9(14)15)8(7)16-10/h2-4H,1H3,(H,14,15)(H,11,12,13). The molecule has 2 rings (SSSR count). The quantitative estimate of drug-likeness (QED) is 0.799. The first-order valence-electron chi connectivity index (χ1n) is 4.48. The second kappa shape index (κ2) is 3.65.